The Morgan fingerprint density at radius 2 is 2.09 bits per heavy atom. The van der Waals surface area contributed by atoms with Gasteiger partial charge in [0.25, 0.3) is 0 Å². The van der Waals surface area contributed by atoms with Gasteiger partial charge in [-0.05, 0) is 66.7 Å². The van der Waals surface area contributed by atoms with Crippen LogP contribution in [0.15, 0.2) is 76.4 Å². The van der Waals surface area contributed by atoms with Crippen LogP contribution in [0.4, 0.5) is 5.69 Å². The highest BCUT2D eigenvalue weighted by Crippen LogP contribution is 2.26. The minimum absolute atomic E-state index is 0.206. The van der Waals surface area contributed by atoms with Crippen molar-refractivity contribution in [2.75, 3.05) is 5.32 Å². The van der Waals surface area contributed by atoms with E-state index >= 15 is 0 Å². The summed E-state index contributed by atoms with van der Waals surface area (Å²) < 4.78 is 7.65. The lowest BCUT2D eigenvalue weighted by molar-refractivity contribution is -0.111. The molecule has 0 fully saturated rings. The first-order valence-corrected chi connectivity index (χ1v) is 11.5. The first-order chi connectivity index (χ1) is 15.5. The lowest BCUT2D eigenvalue weighted by atomic mass is 10.2. The lowest BCUT2D eigenvalue weighted by Gasteiger charge is -2.06. The molecule has 0 atom stereocenters. The standard InChI is InChI=1S/C23H21N5O2S2/c1-16-25-19(14-31-16)13-30-20-5-3-4-17(12-20)6-11-22(29)26-18-7-9-21(10-8-18)32-23-27-24-15-28(23)2/h3-12,14-15H,13H2,1-2H3,(H,26,29)/b11-6+. The van der Waals surface area contributed by atoms with E-state index in [0.717, 1.165) is 37.8 Å². The molecule has 4 rings (SSSR count). The van der Waals surface area contributed by atoms with Gasteiger partial charge in [-0.15, -0.1) is 21.5 Å². The molecule has 2 aromatic heterocycles. The van der Waals surface area contributed by atoms with E-state index in [-0.39, 0.29) is 5.91 Å². The van der Waals surface area contributed by atoms with Crippen molar-refractivity contribution in [3.8, 4) is 5.75 Å². The van der Waals surface area contributed by atoms with Crippen LogP contribution in [0.1, 0.15) is 16.3 Å². The Hall–Kier alpha value is -3.43. The van der Waals surface area contributed by atoms with Crippen LogP contribution in [0, 0.1) is 6.92 Å². The van der Waals surface area contributed by atoms with E-state index in [4.69, 9.17) is 4.74 Å². The molecule has 7 nitrogen and oxygen atoms in total. The molecule has 0 aliphatic carbocycles. The largest absolute Gasteiger partial charge is 0.487 e. The van der Waals surface area contributed by atoms with Crippen molar-refractivity contribution in [1.29, 1.82) is 0 Å². The van der Waals surface area contributed by atoms with E-state index in [9.17, 15) is 4.79 Å². The van der Waals surface area contributed by atoms with Gasteiger partial charge in [0, 0.05) is 29.1 Å². The molecule has 0 aliphatic heterocycles. The maximum Gasteiger partial charge on any atom is 0.248 e. The van der Waals surface area contributed by atoms with Gasteiger partial charge in [-0.2, -0.15) is 0 Å². The predicted molar refractivity (Wildman–Crippen MR) is 127 cm³/mol. The molecular weight excluding hydrogens is 442 g/mol. The molecular formula is C23H21N5O2S2. The van der Waals surface area contributed by atoms with Crippen molar-refractivity contribution in [3.63, 3.8) is 0 Å². The minimum Gasteiger partial charge on any atom is -0.487 e. The zero-order valence-electron chi connectivity index (χ0n) is 17.6. The van der Waals surface area contributed by atoms with Crippen molar-refractivity contribution in [1.82, 2.24) is 19.7 Å². The zero-order chi connectivity index (χ0) is 22.3. The number of ether oxygens (including phenoxy) is 1. The van der Waals surface area contributed by atoms with Crippen molar-refractivity contribution in [2.45, 2.75) is 23.6 Å². The van der Waals surface area contributed by atoms with Crippen LogP contribution >= 0.6 is 23.1 Å². The highest BCUT2D eigenvalue weighted by Gasteiger charge is 2.05. The molecule has 0 radical (unpaired) electrons. The van der Waals surface area contributed by atoms with E-state index in [1.807, 2.05) is 72.4 Å². The third kappa shape index (κ3) is 6.05. The summed E-state index contributed by atoms with van der Waals surface area (Å²) in [7, 11) is 1.90. The molecule has 0 aliphatic rings. The van der Waals surface area contributed by atoms with Crippen LogP contribution in [-0.2, 0) is 18.4 Å². The number of anilines is 1. The smallest absolute Gasteiger partial charge is 0.248 e. The number of rotatable bonds is 8. The van der Waals surface area contributed by atoms with Crippen LogP contribution in [0.25, 0.3) is 6.08 Å². The minimum atomic E-state index is -0.206. The van der Waals surface area contributed by atoms with Crippen LogP contribution in [-0.4, -0.2) is 25.7 Å². The molecule has 4 aromatic rings. The summed E-state index contributed by atoms with van der Waals surface area (Å²) in [6.45, 7) is 2.39. The molecule has 0 saturated carbocycles. The maximum atomic E-state index is 12.3. The Morgan fingerprint density at radius 1 is 1.25 bits per heavy atom. The summed E-state index contributed by atoms with van der Waals surface area (Å²) in [5, 5.41) is 14.6. The van der Waals surface area contributed by atoms with Crippen LogP contribution in [0.5, 0.6) is 5.75 Å². The predicted octanol–water partition coefficient (Wildman–Crippen LogP) is 4.96. The summed E-state index contributed by atoms with van der Waals surface area (Å²) in [6.07, 6.45) is 4.92. The lowest BCUT2D eigenvalue weighted by Crippen LogP contribution is -2.07. The summed E-state index contributed by atoms with van der Waals surface area (Å²) in [5.41, 5.74) is 2.51. The van der Waals surface area contributed by atoms with Gasteiger partial charge in [0.05, 0.1) is 10.7 Å². The number of thiazole rings is 1. The van der Waals surface area contributed by atoms with Gasteiger partial charge in [0.2, 0.25) is 5.91 Å². The number of amides is 1. The van der Waals surface area contributed by atoms with Crippen molar-refractivity contribution in [3.05, 3.63) is 82.6 Å². The van der Waals surface area contributed by atoms with Crippen LogP contribution in [0.2, 0.25) is 0 Å². The third-order valence-corrected chi connectivity index (χ3v) is 6.22. The third-order valence-electron chi connectivity index (χ3n) is 4.34. The summed E-state index contributed by atoms with van der Waals surface area (Å²) in [6, 6.07) is 15.2. The quantitative estimate of drug-likeness (QED) is 0.372. The number of hydrogen-bond donors (Lipinski definition) is 1. The second-order valence-electron chi connectivity index (χ2n) is 6.89. The van der Waals surface area contributed by atoms with Crippen LogP contribution < -0.4 is 10.1 Å². The Bertz CT molecular complexity index is 1230. The van der Waals surface area contributed by atoms with E-state index in [1.165, 1.54) is 17.8 Å². The number of nitrogens with zero attached hydrogens (tertiary/aromatic N) is 4. The monoisotopic (exact) mass is 463 g/mol. The molecule has 0 spiro atoms. The average Bonchev–Trinajstić information content (AvgIpc) is 3.40. The van der Waals surface area contributed by atoms with Gasteiger partial charge in [-0.3, -0.25) is 4.79 Å². The highest BCUT2D eigenvalue weighted by atomic mass is 32.2. The molecule has 9 heteroatoms. The molecule has 0 unspecified atom stereocenters. The second-order valence-corrected chi connectivity index (χ2v) is 9.00. The Labute approximate surface area is 194 Å². The molecule has 1 N–H and O–H groups in total. The fourth-order valence-corrected chi connectivity index (χ4v) is 4.13. The molecule has 162 valence electrons. The first-order valence-electron chi connectivity index (χ1n) is 9.80. The fraction of sp³-hybridized carbons (Fsp3) is 0.130. The number of carbonyl (C=O) groups excluding carboxylic acids is 1. The summed E-state index contributed by atoms with van der Waals surface area (Å²) >= 11 is 3.11. The van der Waals surface area contributed by atoms with Gasteiger partial charge < -0.3 is 14.6 Å². The van der Waals surface area contributed by atoms with E-state index in [0.29, 0.717) is 6.61 Å². The average molecular weight is 464 g/mol. The highest BCUT2D eigenvalue weighted by molar-refractivity contribution is 7.99. The first kappa shape index (κ1) is 21.8. The SMILES string of the molecule is Cc1nc(COc2cccc(/C=C/C(=O)Nc3ccc(Sc4nncn4C)cc3)c2)cs1. The van der Waals surface area contributed by atoms with Crippen molar-refractivity contribution < 1.29 is 9.53 Å². The number of carbonyl (C=O) groups is 1. The second kappa shape index (κ2) is 10.3. The maximum absolute atomic E-state index is 12.3. The Morgan fingerprint density at radius 3 is 2.81 bits per heavy atom. The van der Waals surface area contributed by atoms with Gasteiger partial charge in [0.15, 0.2) is 5.16 Å². The topological polar surface area (TPSA) is 81.9 Å². The van der Waals surface area contributed by atoms with E-state index in [2.05, 4.69) is 20.5 Å². The number of benzene rings is 2. The van der Waals surface area contributed by atoms with E-state index < -0.39 is 0 Å². The molecule has 2 aromatic carbocycles. The molecule has 2 heterocycles. The van der Waals surface area contributed by atoms with E-state index in [1.54, 1.807) is 23.7 Å². The zero-order valence-corrected chi connectivity index (χ0v) is 19.2. The molecule has 0 bridgehead atoms. The molecule has 32 heavy (non-hydrogen) atoms. The number of nitrogens with one attached hydrogen (secondary N) is 1. The van der Waals surface area contributed by atoms with Gasteiger partial charge in [-0.1, -0.05) is 12.1 Å². The van der Waals surface area contributed by atoms with Crippen LogP contribution in [0.3, 0.4) is 0 Å². The van der Waals surface area contributed by atoms with Crippen molar-refractivity contribution >= 4 is 40.8 Å². The Balaban J connectivity index is 1.30. The fourth-order valence-electron chi connectivity index (χ4n) is 2.77. The Kier molecular flexibility index (Phi) is 6.98. The number of aromatic nitrogens is 4. The number of hydrogen-bond acceptors (Lipinski definition) is 7. The summed E-state index contributed by atoms with van der Waals surface area (Å²) in [5.74, 6) is 0.525. The molecule has 0 saturated heterocycles. The van der Waals surface area contributed by atoms with Crippen molar-refractivity contribution in [2.24, 2.45) is 7.05 Å². The normalized spacial score (nSPS) is 11.1. The van der Waals surface area contributed by atoms with Gasteiger partial charge in [0.1, 0.15) is 18.7 Å². The number of aryl methyl sites for hydroxylation is 2. The van der Waals surface area contributed by atoms with Gasteiger partial charge >= 0.3 is 0 Å². The summed E-state index contributed by atoms with van der Waals surface area (Å²) in [4.78, 5) is 17.7. The molecule has 1 amide bonds. The van der Waals surface area contributed by atoms with Gasteiger partial charge in [-0.25, -0.2) is 4.98 Å².